The molecule has 0 atom stereocenters. The summed E-state index contributed by atoms with van der Waals surface area (Å²) in [5.41, 5.74) is 2.47. The van der Waals surface area contributed by atoms with Crippen LogP contribution in [0.4, 0.5) is 0 Å². The minimum atomic E-state index is -3.38. The van der Waals surface area contributed by atoms with E-state index < -0.39 is 10.0 Å². The van der Waals surface area contributed by atoms with Gasteiger partial charge in [-0.25, -0.2) is 8.42 Å². The third-order valence-electron chi connectivity index (χ3n) is 2.91. The van der Waals surface area contributed by atoms with E-state index in [1.807, 2.05) is 26.8 Å². The van der Waals surface area contributed by atoms with Crippen molar-refractivity contribution in [2.24, 2.45) is 0 Å². The van der Waals surface area contributed by atoms with Crippen LogP contribution in [0.2, 0.25) is 0 Å². The molecule has 0 spiro atoms. The molecular weight excluding hydrogens is 246 g/mol. The summed E-state index contributed by atoms with van der Waals surface area (Å²) in [6.45, 7) is 12.6. The van der Waals surface area contributed by atoms with Crippen molar-refractivity contribution in [3.05, 3.63) is 34.3 Å². The van der Waals surface area contributed by atoms with Gasteiger partial charge in [-0.05, 0) is 51.7 Å². The molecule has 4 heteroatoms. The van der Waals surface area contributed by atoms with Gasteiger partial charge in [0.25, 0.3) is 0 Å². The standard InChI is InChI=1S/C14H23NO2S/c1-11(2)10-13(5)14(12(3)4)18(16,17)15-8-6-7-9-15/h10H,3,6-9H2,1-2,4-5H3/b14-13+. The van der Waals surface area contributed by atoms with E-state index in [1.54, 1.807) is 11.2 Å². The Morgan fingerprint density at radius 2 is 1.61 bits per heavy atom. The monoisotopic (exact) mass is 269 g/mol. The van der Waals surface area contributed by atoms with Crippen LogP contribution in [0, 0.1) is 0 Å². The van der Waals surface area contributed by atoms with Gasteiger partial charge in [0.1, 0.15) is 0 Å². The van der Waals surface area contributed by atoms with E-state index in [4.69, 9.17) is 0 Å². The molecule has 1 saturated heterocycles. The lowest BCUT2D eigenvalue weighted by Gasteiger charge is -2.19. The quantitative estimate of drug-likeness (QED) is 0.735. The number of sulfonamides is 1. The third kappa shape index (κ3) is 3.33. The maximum Gasteiger partial charge on any atom is 0.243 e. The molecule has 0 aliphatic carbocycles. The fourth-order valence-electron chi connectivity index (χ4n) is 2.32. The van der Waals surface area contributed by atoms with Crippen LogP contribution in [0.3, 0.4) is 0 Å². The molecular formula is C14H23NO2S. The minimum Gasteiger partial charge on any atom is -0.207 e. The summed E-state index contributed by atoms with van der Waals surface area (Å²) < 4.78 is 26.7. The van der Waals surface area contributed by atoms with Crippen molar-refractivity contribution in [1.29, 1.82) is 0 Å². The Bertz CT molecular complexity index is 488. The van der Waals surface area contributed by atoms with Crippen LogP contribution in [-0.4, -0.2) is 25.8 Å². The van der Waals surface area contributed by atoms with E-state index >= 15 is 0 Å². The van der Waals surface area contributed by atoms with Gasteiger partial charge in [-0.15, -0.1) is 0 Å². The van der Waals surface area contributed by atoms with E-state index in [0.29, 0.717) is 23.6 Å². The van der Waals surface area contributed by atoms with Gasteiger partial charge < -0.3 is 0 Å². The number of rotatable bonds is 4. The van der Waals surface area contributed by atoms with Crippen molar-refractivity contribution < 1.29 is 8.42 Å². The molecule has 1 fully saturated rings. The van der Waals surface area contributed by atoms with Crippen molar-refractivity contribution in [2.45, 2.75) is 40.5 Å². The molecule has 18 heavy (non-hydrogen) atoms. The highest BCUT2D eigenvalue weighted by Gasteiger charge is 2.30. The highest BCUT2D eigenvalue weighted by Crippen LogP contribution is 2.27. The van der Waals surface area contributed by atoms with E-state index in [9.17, 15) is 8.42 Å². The largest absolute Gasteiger partial charge is 0.243 e. The van der Waals surface area contributed by atoms with Gasteiger partial charge >= 0.3 is 0 Å². The second-order valence-corrected chi connectivity index (χ2v) is 7.00. The number of hydrogen-bond donors (Lipinski definition) is 0. The molecule has 1 rings (SSSR count). The fraction of sp³-hybridized carbons (Fsp3) is 0.571. The summed E-state index contributed by atoms with van der Waals surface area (Å²) in [6, 6.07) is 0. The van der Waals surface area contributed by atoms with Crippen molar-refractivity contribution in [2.75, 3.05) is 13.1 Å². The summed E-state index contributed by atoms with van der Waals surface area (Å²) in [5.74, 6) is 0. The van der Waals surface area contributed by atoms with E-state index in [-0.39, 0.29) is 0 Å². The van der Waals surface area contributed by atoms with Crippen LogP contribution >= 0.6 is 0 Å². The summed E-state index contributed by atoms with van der Waals surface area (Å²) >= 11 is 0. The number of nitrogens with zero attached hydrogens (tertiary/aromatic N) is 1. The second kappa shape index (κ2) is 5.85. The molecule has 0 bridgehead atoms. The Balaban J connectivity index is 3.29. The molecule has 0 radical (unpaired) electrons. The first-order valence-corrected chi connectivity index (χ1v) is 7.72. The molecule has 0 aromatic carbocycles. The number of allylic oxidation sites excluding steroid dienone is 4. The topological polar surface area (TPSA) is 37.4 Å². The SMILES string of the molecule is C=C(C)/C(=C(/C)C=C(C)C)S(=O)(=O)N1CCCC1. The molecule has 0 N–H and O–H groups in total. The molecule has 0 aromatic rings. The maximum atomic E-state index is 12.6. The number of hydrogen-bond acceptors (Lipinski definition) is 2. The minimum absolute atomic E-state index is 0.380. The lowest BCUT2D eigenvalue weighted by atomic mass is 10.1. The molecule has 1 aliphatic heterocycles. The van der Waals surface area contributed by atoms with Crippen molar-refractivity contribution in [1.82, 2.24) is 4.31 Å². The van der Waals surface area contributed by atoms with Crippen molar-refractivity contribution in [3.63, 3.8) is 0 Å². The van der Waals surface area contributed by atoms with Gasteiger partial charge in [-0.1, -0.05) is 18.2 Å². The molecule has 0 saturated carbocycles. The van der Waals surface area contributed by atoms with Crippen molar-refractivity contribution >= 4 is 10.0 Å². The van der Waals surface area contributed by atoms with Crippen LogP contribution in [0.15, 0.2) is 34.3 Å². The molecule has 0 unspecified atom stereocenters. The lowest BCUT2D eigenvalue weighted by Crippen LogP contribution is -2.29. The molecule has 0 aromatic heterocycles. The third-order valence-corrected chi connectivity index (χ3v) is 5.15. The van der Waals surface area contributed by atoms with Gasteiger partial charge in [0.2, 0.25) is 10.0 Å². The van der Waals surface area contributed by atoms with Gasteiger partial charge in [-0.2, -0.15) is 4.31 Å². The Hall–Kier alpha value is -0.870. The fourth-order valence-corrected chi connectivity index (χ4v) is 4.22. The van der Waals surface area contributed by atoms with Gasteiger partial charge in [-0.3, -0.25) is 0 Å². The summed E-state index contributed by atoms with van der Waals surface area (Å²) in [5, 5.41) is 0. The van der Waals surface area contributed by atoms with Crippen LogP contribution < -0.4 is 0 Å². The summed E-state index contributed by atoms with van der Waals surface area (Å²) in [6.07, 6.45) is 3.80. The van der Waals surface area contributed by atoms with Gasteiger partial charge in [0.15, 0.2) is 0 Å². The van der Waals surface area contributed by atoms with Crippen LogP contribution in [0.25, 0.3) is 0 Å². The second-order valence-electron chi connectivity index (χ2n) is 5.13. The Kier molecular flexibility index (Phi) is 4.93. The Labute approximate surface area is 111 Å². The van der Waals surface area contributed by atoms with Gasteiger partial charge in [0.05, 0.1) is 4.91 Å². The average Bonchev–Trinajstić information content (AvgIpc) is 2.67. The highest BCUT2D eigenvalue weighted by molar-refractivity contribution is 7.93. The first-order chi connectivity index (χ1) is 8.26. The lowest BCUT2D eigenvalue weighted by molar-refractivity contribution is 0.484. The first-order valence-electron chi connectivity index (χ1n) is 6.28. The van der Waals surface area contributed by atoms with Crippen LogP contribution in [0.5, 0.6) is 0 Å². The zero-order valence-corrected chi connectivity index (χ0v) is 12.6. The normalized spacial score (nSPS) is 18.4. The van der Waals surface area contributed by atoms with Crippen LogP contribution in [-0.2, 0) is 10.0 Å². The zero-order chi connectivity index (χ0) is 13.9. The predicted octanol–water partition coefficient (Wildman–Crippen LogP) is 3.23. The van der Waals surface area contributed by atoms with Crippen LogP contribution in [0.1, 0.15) is 40.5 Å². The van der Waals surface area contributed by atoms with E-state index in [2.05, 4.69) is 6.58 Å². The average molecular weight is 269 g/mol. The predicted molar refractivity (Wildman–Crippen MR) is 76.7 cm³/mol. The van der Waals surface area contributed by atoms with E-state index in [1.165, 1.54) is 0 Å². The molecule has 1 heterocycles. The maximum absolute atomic E-state index is 12.6. The van der Waals surface area contributed by atoms with Gasteiger partial charge in [0, 0.05) is 13.1 Å². The molecule has 3 nitrogen and oxygen atoms in total. The van der Waals surface area contributed by atoms with E-state index in [0.717, 1.165) is 24.0 Å². The Morgan fingerprint density at radius 1 is 1.11 bits per heavy atom. The molecule has 1 aliphatic rings. The first kappa shape index (κ1) is 15.2. The molecule has 102 valence electrons. The Morgan fingerprint density at radius 3 is 2.00 bits per heavy atom. The summed E-state index contributed by atoms with van der Waals surface area (Å²) in [7, 11) is -3.38. The zero-order valence-electron chi connectivity index (χ0n) is 11.8. The smallest absolute Gasteiger partial charge is 0.207 e. The van der Waals surface area contributed by atoms with Crippen molar-refractivity contribution in [3.8, 4) is 0 Å². The summed E-state index contributed by atoms with van der Waals surface area (Å²) in [4.78, 5) is 0.380. The molecule has 0 amide bonds. The highest BCUT2D eigenvalue weighted by atomic mass is 32.2.